The highest BCUT2D eigenvalue weighted by Gasteiger charge is 2.23. The lowest BCUT2D eigenvalue weighted by atomic mass is 9.84. The Bertz CT molecular complexity index is 104. The molecular weight excluding hydrogens is 152 g/mol. The maximum atomic E-state index is 9.61. The lowest BCUT2D eigenvalue weighted by molar-refractivity contribution is 0.0348. The molecule has 1 rings (SSSR count). The van der Waals surface area contributed by atoms with Gasteiger partial charge in [0.25, 0.3) is 0 Å². The van der Waals surface area contributed by atoms with Gasteiger partial charge in [0.05, 0.1) is 12.2 Å². The second-order valence-corrected chi connectivity index (χ2v) is 4.24. The van der Waals surface area contributed by atoms with Crippen molar-refractivity contribution < 1.29 is 10.2 Å². The van der Waals surface area contributed by atoms with E-state index in [9.17, 15) is 10.2 Å². The van der Waals surface area contributed by atoms with Crippen molar-refractivity contribution in [1.82, 2.24) is 0 Å². The Balaban J connectivity index is 2.45. The predicted octanol–water partition coefficient (Wildman–Crippen LogP) is 1.55. The Morgan fingerprint density at radius 3 is 1.42 bits per heavy atom. The van der Waals surface area contributed by atoms with E-state index in [-0.39, 0.29) is 12.2 Å². The molecule has 1 aliphatic carbocycles. The summed E-state index contributed by atoms with van der Waals surface area (Å²) in [6, 6.07) is 0. The van der Waals surface area contributed by atoms with Gasteiger partial charge < -0.3 is 10.2 Å². The van der Waals surface area contributed by atoms with Crippen LogP contribution >= 0.6 is 0 Å². The third-order valence-electron chi connectivity index (χ3n) is 3.15. The van der Waals surface area contributed by atoms with Crippen LogP contribution in [0.3, 0.4) is 0 Å². The van der Waals surface area contributed by atoms with Gasteiger partial charge in [0, 0.05) is 0 Å². The number of hydrogen-bond acceptors (Lipinski definition) is 2. The molecule has 0 bridgehead atoms. The summed E-state index contributed by atoms with van der Waals surface area (Å²) in [6.07, 6.45) is 3.29. The molecule has 1 saturated carbocycles. The molecule has 2 nitrogen and oxygen atoms in total. The zero-order chi connectivity index (χ0) is 9.14. The van der Waals surface area contributed by atoms with Gasteiger partial charge in [-0.3, -0.25) is 0 Å². The Kier molecular flexibility index (Phi) is 3.53. The van der Waals surface area contributed by atoms with Crippen LogP contribution in [0, 0.1) is 11.8 Å². The summed E-state index contributed by atoms with van der Waals surface area (Å²) in [5.41, 5.74) is 0. The van der Waals surface area contributed by atoms with E-state index < -0.39 is 0 Å². The monoisotopic (exact) mass is 172 g/mol. The first kappa shape index (κ1) is 10.0. The minimum absolute atomic E-state index is 0.153. The second kappa shape index (κ2) is 4.24. The lowest BCUT2D eigenvalue weighted by Gasteiger charge is -2.28. The summed E-state index contributed by atoms with van der Waals surface area (Å²) >= 11 is 0. The first-order valence-electron chi connectivity index (χ1n) is 4.97. The van der Waals surface area contributed by atoms with E-state index in [1.54, 1.807) is 0 Å². The van der Waals surface area contributed by atoms with Crippen LogP contribution in [0.2, 0.25) is 0 Å². The first-order valence-corrected chi connectivity index (χ1v) is 4.97. The summed E-state index contributed by atoms with van der Waals surface area (Å²) in [5, 5.41) is 19.2. The van der Waals surface area contributed by atoms with Crippen molar-refractivity contribution in [2.75, 3.05) is 0 Å². The average molecular weight is 172 g/mol. The SMILES string of the molecule is C[C@H]1CC[C@H](O)[C@@H](C)CC[C@@H]1O. The third kappa shape index (κ3) is 2.46. The van der Waals surface area contributed by atoms with Crippen molar-refractivity contribution in [2.45, 2.75) is 51.7 Å². The maximum Gasteiger partial charge on any atom is 0.0565 e. The van der Waals surface area contributed by atoms with Crippen molar-refractivity contribution in [2.24, 2.45) is 11.8 Å². The lowest BCUT2D eigenvalue weighted by Crippen LogP contribution is -2.27. The van der Waals surface area contributed by atoms with Crippen LogP contribution in [0.1, 0.15) is 39.5 Å². The van der Waals surface area contributed by atoms with Gasteiger partial charge in [0.1, 0.15) is 0 Å². The van der Waals surface area contributed by atoms with Gasteiger partial charge in [-0.15, -0.1) is 0 Å². The zero-order valence-corrected chi connectivity index (χ0v) is 8.03. The van der Waals surface area contributed by atoms with Gasteiger partial charge in [-0.25, -0.2) is 0 Å². The number of aliphatic hydroxyl groups is 2. The molecule has 0 aromatic heterocycles. The Morgan fingerprint density at radius 2 is 1.08 bits per heavy atom. The van der Waals surface area contributed by atoms with Crippen molar-refractivity contribution in [1.29, 1.82) is 0 Å². The van der Waals surface area contributed by atoms with Gasteiger partial charge in [0.15, 0.2) is 0 Å². The highest BCUT2D eigenvalue weighted by Crippen LogP contribution is 2.25. The molecule has 4 atom stereocenters. The molecular formula is C10H20O2. The Labute approximate surface area is 74.6 Å². The quantitative estimate of drug-likeness (QED) is 0.582. The van der Waals surface area contributed by atoms with E-state index in [0.717, 1.165) is 25.7 Å². The summed E-state index contributed by atoms with van der Waals surface area (Å²) in [7, 11) is 0. The maximum absolute atomic E-state index is 9.61. The van der Waals surface area contributed by atoms with Gasteiger partial charge >= 0.3 is 0 Å². The zero-order valence-electron chi connectivity index (χ0n) is 8.03. The Morgan fingerprint density at radius 1 is 0.750 bits per heavy atom. The molecule has 2 heteroatoms. The predicted molar refractivity (Wildman–Crippen MR) is 48.8 cm³/mol. The second-order valence-electron chi connectivity index (χ2n) is 4.24. The summed E-state index contributed by atoms with van der Waals surface area (Å²) in [4.78, 5) is 0. The van der Waals surface area contributed by atoms with Crippen molar-refractivity contribution in [3.8, 4) is 0 Å². The van der Waals surface area contributed by atoms with Crippen molar-refractivity contribution >= 4 is 0 Å². The minimum atomic E-state index is -0.153. The highest BCUT2D eigenvalue weighted by molar-refractivity contribution is 4.75. The molecule has 0 radical (unpaired) electrons. The fraction of sp³-hybridized carbons (Fsp3) is 1.00. The first-order chi connectivity index (χ1) is 5.61. The van der Waals surface area contributed by atoms with Gasteiger partial charge in [-0.1, -0.05) is 13.8 Å². The molecule has 2 N–H and O–H groups in total. The molecule has 0 aliphatic heterocycles. The summed E-state index contributed by atoms with van der Waals surface area (Å²) in [6.45, 7) is 4.13. The molecule has 0 saturated heterocycles. The number of aliphatic hydroxyl groups excluding tert-OH is 2. The molecule has 0 aromatic carbocycles. The average Bonchev–Trinajstić information content (AvgIpc) is 2.07. The molecule has 0 unspecified atom stereocenters. The molecule has 0 heterocycles. The van der Waals surface area contributed by atoms with E-state index >= 15 is 0 Å². The molecule has 0 amide bonds. The molecule has 0 spiro atoms. The van der Waals surface area contributed by atoms with Crippen LogP contribution in [-0.2, 0) is 0 Å². The van der Waals surface area contributed by atoms with Crippen molar-refractivity contribution in [3.63, 3.8) is 0 Å². The summed E-state index contributed by atoms with van der Waals surface area (Å²) in [5.74, 6) is 0.708. The standard InChI is InChI=1S/C10H20O2/c1-7-3-5-10(12)8(2)4-6-9(7)11/h7-12H,3-6H2,1-2H3/t7-,8-,9-,10-/m0/s1. The third-order valence-corrected chi connectivity index (χ3v) is 3.15. The van der Waals surface area contributed by atoms with Crippen LogP contribution in [0.25, 0.3) is 0 Å². The molecule has 1 fully saturated rings. The smallest absolute Gasteiger partial charge is 0.0565 e. The fourth-order valence-corrected chi connectivity index (χ4v) is 1.82. The molecule has 72 valence electrons. The minimum Gasteiger partial charge on any atom is -0.393 e. The fourth-order valence-electron chi connectivity index (χ4n) is 1.82. The van der Waals surface area contributed by atoms with E-state index in [1.807, 2.05) is 0 Å². The van der Waals surface area contributed by atoms with E-state index in [4.69, 9.17) is 0 Å². The normalized spacial score (nSPS) is 45.0. The van der Waals surface area contributed by atoms with Gasteiger partial charge in [0.2, 0.25) is 0 Å². The molecule has 0 aromatic rings. The van der Waals surface area contributed by atoms with E-state index in [1.165, 1.54) is 0 Å². The van der Waals surface area contributed by atoms with Crippen LogP contribution in [-0.4, -0.2) is 22.4 Å². The van der Waals surface area contributed by atoms with Gasteiger partial charge in [-0.2, -0.15) is 0 Å². The molecule has 12 heavy (non-hydrogen) atoms. The topological polar surface area (TPSA) is 40.5 Å². The van der Waals surface area contributed by atoms with E-state index in [0.29, 0.717) is 11.8 Å². The number of hydrogen-bond donors (Lipinski definition) is 2. The van der Waals surface area contributed by atoms with Crippen LogP contribution in [0.15, 0.2) is 0 Å². The van der Waals surface area contributed by atoms with Crippen LogP contribution < -0.4 is 0 Å². The summed E-state index contributed by atoms with van der Waals surface area (Å²) < 4.78 is 0. The number of rotatable bonds is 0. The molecule has 1 aliphatic rings. The van der Waals surface area contributed by atoms with E-state index in [2.05, 4.69) is 13.8 Å². The Hall–Kier alpha value is -0.0800. The largest absolute Gasteiger partial charge is 0.393 e. The van der Waals surface area contributed by atoms with Gasteiger partial charge in [-0.05, 0) is 37.5 Å². The van der Waals surface area contributed by atoms with Crippen LogP contribution in [0.4, 0.5) is 0 Å². The highest BCUT2D eigenvalue weighted by atomic mass is 16.3. The van der Waals surface area contributed by atoms with Crippen LogP contribution in [0.5, 0.6) is 0 Å². The van der Waals surface area contributed by atoms with Crippen molar-refractivity contribution in [3.05, 3.63) is 0 Å².